The van der Waals surface area contributed by atoms with Gasteiger partial charge in [0.25, 0.3) is 5.91 Å². The van der Waals surface area contributed by atoms with E-state index in [0.29, 0.717) is 38.3 Å². The van der Waals surface area contributed by atoms with E-state index in [2.05, 4.69) is 36.4 Å². The molecule has 1 unspecified atom stereocenters. The summed E-state index contributed by atoms with van der Waals surface area (Å²) in [5.74, 6) is 0.661. The number of halogens is 1. The molecule has 3 fully saturated rings. The summed E-state index contributed by atoms with van der Waals surface area (Å²) in [5.41, 5.74) is 5.70. The van der Waals surface area contributed by atoms with Crippen molar-refractivity contribution in [3.63, 3.8) is 0 Å². The zero-order valence-corrected chi connectivity index (χ0v) is 31.6. The Hall–Kier alpha value is -5.93. The molecule has 0 spiro atoms. The molecule has 7 heterocycles. The molecule has 3 aromatic heterocycles. The Morgan fingerprint density at radius 1 is 0.860 bits per heavy atom. The maximum atomic E-state index is 14.1. The van der Waals surface area contributed by atoms with E-state index in [4.69, 9.17) is 14.8 Å². The fraction of sp³-hybridized carbons (Fsp3) is 0.381. The highest BCUT2D eigenvalue weighted by atomic mass is 19.1. The fourth-order valence-corrected chi connectivity index (χ4v) is 8.48. The molecule has 4 aliphatic rings. The molecule has 2 atom stereocenters. The number of nitrogens with one attached hydrogen (secondary N) is 2. The number of ether oxygens (including phenoxy) is 1. The molecule has 0 saturated carbocycles. The number of imide groups is 1. The van der Waals surface area contributed by atoms with Gasteiger partial charge in [0.15, 0.2) is 5.65 Å². The second-order valence-electron chi connectivity index (χ2n) is 15.0. The van der Waals surface area contributed by atoms with Crippen molar-refractivity contribution in [2.75, 3.05) is 74.1 Å². The minimum Gasteiger partial charge on any atom is -0.383 e. The van der Waals surface area contributed by atoms with Gasteiger partial charge in [0.2, 0.25) is 11.8 Å². The second kappa shape index (κ2) is 15.9. The largest absolute Gasteiger partial charge is 0.383 e. The van der Waals surface area contributed by atoms with Crippen LogP contribution >= 0.6 is 0 Å². The number of rotatable bonds is 12. The van der Waals surface area contributed by atoms with Crippen LogP contribution in [0.15, 0.2) is 79.0 Å². The number of benzene rings is 2. The van der Waals surface area contributed by atoms with Crippen molar-refractivity contribution in [1.29, 1.82) is 0 Å². The SMILES string of the molecule is O=C1CCC(N2Cc3cc(NCCOCCN4CCN(c5cccc(-c6cnc7ccc(N8CCC[C@@H]8c8cccc(F)c8)nn67)n5)CC4)ccc3C2=O)C(=O)N1. The molecule has 2 N–H and O–H groups in total. The zero-order chi connectivity index (χ0) is 38.9. The lowest BCUT2D eigenvalue weighted by atomic mass is 10.0. The van der Waals surface area contributed by atoms with Crippen LogP contribution in [0.1, 0.15) is 53.2 Å². The van der Waals surface area contributed by atoms with Crippen LogP contribution in [0, 0.1) is 5.82 Å². The number of carbonyl (C=O) groups excluding carboxylic acids is 3. The first kappa shape index (κ1) is 36.7. The summed E-state index contributed by atoms with van der Waals surface area (Å²) in [6.45, 7) is 7.34. The molecule has 0 aliphatic carbocycles. The number of piperazine rings is 1. The third-order valence-electron chi connectivity index (χ3n) is 11.5. The highest BCUT2D eigenvalue weighted by Gasteiger charge is 2.39. The maximum absolute atomic E-state index is 14.1. The summed E-state index contributed by atoms with van der Waals surface area (Å²) in [5, 5.41) is 10.7. The average molecular weight is 773 g/mol. The average Bonchev–Trinajstić information content (AvgIpc) is 3.97. The number of fused-ring (bicyclic) bond motifs is 2. The molecule has 4 aliphatic heterocycles. The normalized spacial score (nSPS) is 20.1. The molecule has 5 aromatic rings. The van der Waals surface area contributed by atoms with Crippen molar-refractivity contribution in [3.8, 4) is 11.4 Å². The standard InChI is InChI=1S/C42H45FN10O4/c43-30-5-1-4-28(24-30)34-7-3-16-51(34)39-13-12-37-45-26-36(53(37)48-39)33-6-2-8-38(46-33)50-19-17-49(18-20-50)21-23-57-22-15-44-31-9-10-32-29(25-31)27-52(42(32)56)35-11-14-40(54)47-41(35)55/h1-2,4-6,8-10,12-13,24-26,34-35,44H,3,7,11,14-23,27H2,(H,47,54,55)/t34-,35?/m1/s1. The topological polar surface area (TPSA) is 141 Å². The van der Waals surface area contributed by atoms with Crippen LogP contribution in [0.4, 0.5) is 21.7 Å². The van der Waals surface area contributed by atoms with E-state index in [1.807, 2.05) is 53.2 Å². The van der Waals surface area contributed by atoms with E-state index in [9.17, 15) is 18.8 Å². The molecule has 3 amide bonds. The zero-order valence-electron chi connectivity index (χ0n) is 31.6. The first-order chi connectivity index (χ1) is 27.9. The summed E-state index contributed by atoms with van der Waals surface area (Å²) < 4.78 is 21.9. The Labute approximate surface area is 329 Å². The van der Waals surface area contributed by atoms with Crippen molar-refractivity contribution in [2.24, 2.45) is 0 Å². The number of carbonyl (C=O) groups is 3. The number of piperidine rings is 1. The minimum absolute atomic E-state index is 0.0708. The predicted octanol–water partition coefficient (Wildman–Crippen LogP) is 4.28. The van der Waals surface area contributed by atoms with Gasteiger partial charge >= 0.3 is 0 Å². The maximum Gasteiger partial charge on any atom is 0.255 e. The summed E-state index contributed by atoms with van der Waals surface area (Å²) in [6, 6.07) is 22.0. The van der Waals surface area contributed by atoms with Gasteiger partial charge in [-0.2, -0.15) is 0 Å². The number of anilines is 3. The number of hydrogen-bond donors (Lipinski definition) is 2. The molecular weight excluding hydrogens is 728 g/mol. The molecule has 0 radical (unpaired) electrons. The van der Waals surface area contributed by atoms with Crippen LogP contribution in [0.5, 0.6) is 0 Å². The van der Waals surface area contributed by atoms with E-state index >= 15 is 0 Å². The molecule has 15 heteroatoms. The van der Waals surface area contributed by atoms with Crippen molar-refractivity contribution >= 4 is 40.7 Å². The Morgan fingerprint density at radius 2 is 1.74 bits per heavy atom. The van der Waals surface area contributed by atoms with Gasteiger partial charge in [-0.25, -0.2) is 18.9 Å². The van der Waals surface area contributed by atoms with E-state index in [-0.39, 0.29) is 30.1 Å². The third-order valence-corrected chi connectivity index (χ3v) is 11.5. The van der Waals surface area contributed by atoms with Gasteiger partial charge in [0.1, 0.15) is 29.2 Å². The highest BCUT2D eigenvalue weighted by molar-refractivity contribution is 6.05. The van der Waals surface area contributed by atoms with Crippen LogP contribution in [-0.4, -0.2) is 112 Å². The quantitative estimate of drug-likeness (QED) is 0.139. The number of nitrogens with zero attached hydrogens (tertiary/aromatic N) is 8. The molecule has 57 heavy (non-hydrogen) atoms. The predicted molar refractivity (Wildman–Crippen MR) is 212 cm³/mol. The van der Waals surface area contributed by atoms with Crippen LogP contribution in [0.25, 0.3) is 17.0 Å². The van der Waals surface area contributed by atoms with Crippen LogP contribution in [-0.2, 0) is 20.9 Å². The van der Waals surface area contributed by atoms with E-state index in [1.165, 1.54) is 6.07 Å². The van der Waals surface area contributed by atoms with Crippen LogP contribution in [0.2, 0.25) is 0 Å². The Balaban J connectivity index is 0.739. The van der Waals surface area contributed by atoms with Crippen molar-refractivity contribution in [3.05, 3.63) is 102 Å². The number of hydrogen-bond acceptors (Lipinski definition) is 11. The first-order valence-electron chi connectivity index (χ1n) is 19.8. The van der Waals surface area contributed by atoms with Gasteiger partial charge in [0, 0.05) is 70.0 Å². The van der Waals surface area contributed by atoms with Crippen molar-refractivity contribution in [1.82, 2.24) is 34.7 Å². The minimum atomic E-state index is -0.620. The Morgan fingerprint density at radius 3 is 2.60 bits per heavy atom. The molecule has 294 valence electrons. The second-order valence-corrected chi connectivity index (χ2v) is 15.0. The van der Waals surface area contributed by atoms with Gasteiger partial charge in [-0.05, 0) is 85.0 Å². The summed E-state index contributed by atoms with van der Waals surface area (Å²) in [7, 11) is 0. The van der Waals surface area contributed by atoms with Gasteiger partial charge in [-0.3, -0.25) is 24.6 Å². The Bertz CT molecular complexity index is 2310. The smallest absolute Gasteiger partial charge is 0.255 e. The third kappa shape index (κ3) is 7.64. The van der Waals surface area contributed by atoms with Gasteiger partial charge < -0.3 is 24.8 Å². The van der Waals surface area contributed by atoms with Crippen LogP contribution in [0.3, 0.4) is 0 Å². The van der Waals surface area contributed by atoms with Gasteiger partial charge in [-0.15, -0.1) is 5.10 Å². The molecule has 3 saturated heterocycles. The molecule has 14 nitrogen and oxygen atoms in total. The lowest BCUT2D eigenvalue weighted by Crippen LogP contribution is -2.52. The van der Waals surface area contributed by atoms with Gasteiger partial charge in [-0.1, -0.05) is 18.2 Å². The molecule has 0 bridgehead atoms. The fourth-order valence-electron chi connectivity index (χ4n) is 8.48. The number of aromatic nitrogens is 4. The van der Waals surface area contributed by atoms with E-state index in [1.54, 1.807) is 23.1 Å². The summed E-state index contributed by atoms with van der Waals surface area (Å²) in [4.78, 5) is 55.1. The monoisotopic (exact) mass is 772 g/mol. The Kier molecular flexibility index (Phi) is 10.2. The van der Waals surface area contributed by atoms with Gasteiger partial charge in [0.05, 0.1) is 31.1 Å². The number of imidazole rings is 1. The lowest BCUT2D eigenvalue weighted by molar-refractivity contribution is -0.136. The van der Waals surface area contributed by atoms with E-state index < -0.39 is 11.9 Å². The number of amides is 3. The molecular formula is C42H45FN10O4. The molecule has 2 aromatic carbocycles. The highest BCUT2D eigenvalue weighted by Crippen LogP contribution is 2.36. The first-order valence-corrected chi connectivity index (χ1v) is 19.8. The lowest BCUT2D eigenvalue weighted by Gasteiger charge is -2.35. The van der Waals surface area contributed by atoms with Crippen molar-refractivity contribution < 1.29 is 23.5 Å². The summed E-state index contributed by atoms with van der Waals surface area (Å²) in [6.07, 6.45) is 4.37. The van der Waals surface area contributed by atoms with Crippen molar-refractivity contribution in [2.45, 2.75) is 44.3 Å². The summed E-state index contributed by atoms with van der Waals surface area (Å²) >= 11 is 0. The van der Waals surface area contributed by atoms with E-state index in [0.717, 1.165) is 97.6 Å². The number of pyridine rings is 1. The van der Waals surface area contributed by atoms with Crippen LogP contribution < -0.4 is 20.4 Å². The molecule has 9 rings (SSSR count).